The van der Waals surface area contributed by atoms with Crippen molar-refractivity contribution in [3.05, 3.63) is 59.7 Å². The number of rotatable bonds is 4. The molecule has 0 saturated heterocycles. The maximum Gasteiger partial charge on any atom is 0.311 e. The lowest BCUT2D eigenvalue weighted by atomic mass is 10.1. The summed E-state index contributed by atoms with van der Waals surface area (Å²) in [6.45, 7) is 1.95. The van der Waals surface area contributed by atoms with Gasteiger partial charge < -0.3 is 9.57 Å². The van der Waals surface area contributed by atoms with Crippen LogP contribution in [0.4, 0.5) is 0 Å². The number of nitrogens with zero attached hydrogens (tertiary/aromatic N) is 1. The second-order valence-electron chi connectivity index (χ2n) is 5.25. The summed E-state index contributed by atoms with van der Waals surface area (Å²) in [6, 6.07) is 16.2. The van der Waals surface area contributed by atoms with Gasteiger partial charge in [-0.05, 0) is 18.1 Å². The molecule has 4 heteroatoms. The largest absolute Gasteiger partial charge is 0.469 e. The van der Waals surface area contributed by atoms with Crippen LogP contribution in [0.1, 0.15) is 18.1 Å². The van der Waals surface area contributed by atoms with E-state index in [1.54, 1.807) is 6.92 Å². The number of hydrogen-bond acceptors (Lipinski definition) is 4. The van der Waals surface area contributed by atoms with Crippen molar-refractivity contribution in [1.29, 1.82) is 0 Å². The summed E-state index contributed by atoms with van der Waals surface area (Å²) in [5, 5.41) is 4.27. The highest BCUT2D eigenvalue weighted by Crippen LogP contribution is 2.36. The smallest absolute Gasteiger partial charge is 0.311 e. The number of oxime groups is 1. The first kappa shape index (κ1) is 14.3. The highest BCUT2D eigenvalue weighted by atomic mass is 16.6. The molecule has 112 valence electrons. The van der Waals surface area contributed by atoms with E-state index in [-0.39, 0.29) is 18.5 Å². The van der Waals surface area contributed by atoms with E-state index in [1.807, 2.05) is 36.4 Å². The highest BCUT2D eigenvalue weighted by molar-refractivity contribution is 6.24. The molecule has 0 N–H and O–H groups in total. The topological polar surface area (TPSA) is 47.9 Å². The van der Waals surface area contributed by atoms with E-state index in [2.05, 4.69) is 22.0 Å². The van der Waals surface area contributed by atoms with E-state index in [0.717, 1.165) is 28.0 Å². The first-order chi connectivity index (χ1) is 10.7. The van der Waals surface area contributed by atoms with Gasteiger partial charge in [0.2, 0.25) is 0 Å². The summed E-state index contributed by atoms with van der Waals surface area (Å²) in [6.07, 6.45) is 0. The van der Waals surface area contributed by atoms with E-state index in [9.17, 15) is 4.79 Å². The first-order valence-corrected chi connectivity index (χ1v) is 7.19. The van der Waals surface area contributed by atoms with Crippen molar-refractivity contribution in [3.63, 3.8) is 0 Å². The number of carbonyl (C=O) groups is 1. The van der Waals surface area contributed by atoms with Gasteiger partial charge in [0.05, 0.1) is 13.0 Å². The van der Waals surface area contributed by atoms with Crippen molar-refractivity contribution in [2.45, 2.75) is 6.92 Å². The van der Waals surface area contributed by atoms with Crippen LogP contribution in [0, 0.1) is 5.92 Å². The zero-order chi connectivity index (χ0) is 15.5. The first-order valence-electron chi connectivity index (χ1n) is 7.19. The molecule has 0 aliphatic heterocycles. The van der Waals surface area contributed by atoms with Crippen molar-refractivity contribution in [3.8, 4) is 11.1 Å². The predicted octanol–water partition coefficient (Wildman–Crippen LogP) is 3.25. The Hall–Kier alpha value is -2.62. The molecule has 3 rings (SSSR count). The van der Waals surface area contributed by atoms with Crippen molar-refractivity contribution in [2.75, 3.05) is 13.7 Å². The van der Waals surface area contributed by atoms with Crippen LogP contribution in [0.15, 0.2) is 53.7 Å². The number of esters is 1. The fraction of sp³-hybridized carbons (Fsp3) is 0.222. The fourth-order valence-corrected chi connectivity index (χ4v) is 2.58. The molecule has 1 aliphatic carbocycles. The summed E-state index contributed by atoms with van der Waals surface area (Å²) in [5.41, 5.74) is 5.22. The standard InChI is InChI=1S/C18H17NO3/c1-12(18(20)21-2)11-22-19-17-15-9-5-3-7-13(15)14-8-4-6-10-16(14)17/h3-10,12H,11H2,1-2H3/t12-/m1/s1. The Bertz CT molecular complexity index is 689. The molecule has 0 bridgehead atoms. The van der Waals surface area contributed by atoms with E-state index >= 15 is 0 Å². The van der Waals surface area contributed by atoms with Gasteiger partial charge in [-0.15, -0.1) is 0 Å². The van der Waals surface area contributed by atoms with Gasteiger partial charge in [0.1, 0.15) is 12.3 Å². The monoisotopic (exact) mass is 295 g/mol. The van der Waals surface area contributed by atoms with Crippen LogP contribution in [0.25, 0.3) is 11.1 Å². The number of hydrogen-bond donors (Lipinski definition) is 0. The van der Waals surface area contributed by atoms with Gasteiger partial charge in [-0.25, -0.2) is 0 Å². The molecular formula is C18H17NO3. The van der Waals surface area contributed by atoms with Gasteiger partial charge in [-0.1, -0.05) is 53.7 Å². The third kappa shape index (κ3) is 2.48. The average molecular weight is 295 g/mol. The number of benzene rings is 2. The summed E-state index contributed by atoms with van der Waals surface area (Å²) in [4.78, 5) is 16.8. The molecule has 0 spiro atoms. The maximum absolute atomic E-state index is 11.4. The molecule has 22 heavy (non-hydrogen) atoms. The quantitative estimate of drug-likeness (QED) is 0.548. The summed E-state index contributed by atoms with van der Waals surface area (Å²) in [7, 11) is 1.37. The minimum atomic E-state index is -0.346. The van der Waals surface area contributed by atoms with Crippen molar-refractivity contribution >= 4 is 11.7 Å². The van der Waals surface area contributed by atoms with Crippen LogP contribution in [0.3, 0.4) is 0 Å². The molecular weight excluding hydrogens is 278 g/mol. The van der Waals surface area contributed by atoms with Crippen LogP contribution < -0.4 is 0 Å². The SMILES string of the molecule is COC(=O)[C@H](C)CON=C1c2ccccc2-c2ccccc21. The predicted molar refractivity (Wildman–Crippen MR) is 84.6 cm³/mol. The number of carbonyl (C=O) groups excluding carboxylic acids is 1. The highest BCUT2D eigenvalue weighted by Gasteiger charge is 2.24. The van der Waals surface area contributed by atoms with Gasteiger partial charge in [-0.2, -0.15) is 0 Å². The Morgan fingerprint density at radius 1 is 1.00 bits per heavy atom. The molecule has 0 fully saturated rings. The van der Waals surface area contributed by atoms with Crippen molar-refractivity contribution < 1.29 is 14.4 Å². The molecule has 0 radical (unpaired) electrons. The number of methoxy groups -OCH3 is 1. The van der Waals surface area contributed by atoms with Gasteiger partial charge in [-0.3, -0.25) is 4.79 Å². The molecule has 1 aliphatic rings. The zero-order valence-electron chi connectivity index (χ0n) is 12.6. The molecule has 0 unspecified atom stereocenters. The fourth-order valence-electron chi connectivity index (χ4n) is 2.58. The molecule has 2 aromatic carbocycles. The van der Waals surface area contributed by atoms with Gasteiger partial charge >= 0.3 is 5.97 Å². The van der Waals surface area contributed by atoms with Crippen molar-refractivity contribution in [2.24, 2.45) is 11.1 Å². The lowest BCUT2D eigenvalue weighted by molar-refractivity contribution is -0.146. The van der Waals surface area contributed by atoms with Gasteiger partial charge in [0.15, 0.2) is 0 Å². The van der Waals surface area contributed by atoms with Crippen molar-refractivity contribution in [1.82, 2.24) is 0 Å². The molecule has 0 amide bonds. The Labute approximate surface area is 129 Å². The molecule has 4 nitrogen and oxygen atoms in total. The molecule has 1 atom stereocenters. The van der Waals surface area contributed by atoms with E-state index in [0.29, 0.717) is 0 Å². The van der Waals surface area contributed by atoms with E-state index in [4.69, 9.17) is 4.84 Å². The van der Waals surface area contributed by atoms with Gasteiger partial charge in [0.25, 0.3) is 0 Å². The molecule has 0 aromatic heterocycles. The second kappa shape index (κ2) is 6.02. The average Bonchev–Trinajstić information content (AvgIpc) is 2.88. The van der Waals surface area contributed by atoms with Crippen LogP contribution in [-0.2, 0) is 14.4 Å². The lowest BCUT2D eigenvalue weighted by Crippen LogP contribution is -2.17. The summed E-state index contributed by atoms with van der Waals surface area (Å²) < 4.78 is 4.68. The Kier molecular flexibility index (Phi) is 3.92. The third-order valence-electron chi connectivity index (χ3n) is 3.74. The minimum absolute atomic E-state index is 0.195. The molecule has 0 heterocycles. The van der Waals surface area contributed by atoms with E-state index in [1.165, 1.54) is 7.11 Å². The van der Waals surface area contributed by atoms with E-state index < -0.39 is 0 Å². The summed E-state index contributed by atoms with van der Waals surface area (Å²) >= 11 is 0. The van der Waals surface area contributed by atoms with Crippen LogP contribution in [-0.4, -0.2) is 25.4 Å². The van der Waals surface area contributed by atoms with Crippen LogP contribution in [0.2, 0.25) is 0 Å². The number of fused-ring (bicyclic) bond motifs is 3. The zero-order valence-corrected chi connectivity index (χ0v) is 12.6. The Morgan fingerprint density at radius 3 is 2.00 bits per heavy atom. The molecule has 0 saturated carbocycles. The van der Waals surface area contributed by atoms with Crippen LogP contribution >= 0.6 is 0 Å². The molecule has 2 aromatic rings. The van der Waals surface area contributed by atoms with Crippen LogP contribution in [0.5, 0.6) is 0 Å². The normalized spacial score (nSPS) is 13.1. The lowest BCUT2D eigenvalue weighted by Gasteiger charge is -2.08. The maximum atomic E-state index is 11.4. The Balaban J connectivity index is 1.87. The Morgan fingerprint density at radius 2 is 1.50 bits per heavy atom. The third-order valence-corrected chi connectivity index (χ3v) is 3.74. The summed E-state index contributed by atoms with van der Waals surface area (Å²) in [5.74, 6) is -0.645. The second-order valence-corrected chi connectivity index (χ2v) is 5.25. The minimum Gasteiger partial charge on any atom is -0.469 e. The van der Waals surface area contributed by atoms with Gasteiger partial charge in [0, 0.05) is 11.1 Å². The number of ether oxygens (including phenoxy) is 1.